The minimum absolute atomic E-state index is 0.0188. The number of hydrogen-bond donors (Lipinski definition) is 2. The van der Waals surface area contributed by atoms with Crippen molar-refractivity contribution in [2.24, 2.45) is 5.14 Å². The second kappa shape index (κ2) is 7.62. The van der Waals surface area contributed by atoms with E-state index in [0.29, 0.717) is 37.9 Å². The fraction of sp³-hybridized carbons (Fsp3) is 0.588. The number of piperazine rings is 1. The molecular formula is C17H26N4O5S2. The first kappa shape index (κ1) is 21.0. The summed E-state index contributed by atoms with van der Waals surface area (Å²) in [5, 5.41) is 8.14. The average Bonchev–Trinajstić information content (AvgIpc) is 3.43. The minimum Gasteiger partial charge on any atom is -0.368 e. The summed E-state index contributed by atoms with van der Waals surface area (Å²) in [6.07, 6.45) is 3.11. The number of carbonyl (C=O) groups is 1. The van der Waals surface area contributed by atoms with E-state index in [-0.39, 0.29) is 21.7 Å². The highest BCUT2D eigenvalue weighted by atomic mass is 32.2. The molecule has 1 aromatic carbocycles. The third-order valence-corrected chi connectivity index (χ3v) is 7.20. The zero-order valence-corrected chi connectivity index (χ0v) is 17.6. The second-order valence-electron chi connectivity index (χ2n) is 7.43. The van der Waals surface area contributed by atoms with Crippen LogP contribution >= 0.6 is 0 Å². The predicted octanol–water partition coefficient (Wildman–Crippen LogP) is -0.473. The van der Waals surface area contributed by atoms with Crippen molar-refractivity contribution < 1.29 is 21.6 Å². The Labute approximate surface area is 165 Å². The highest BCUT2D eigenvalue weighted by Crippen LogP contribution is 2.29. The van der Waals surface area contributed by atoms with E-state index in [1.165, 1.54) is 12.1 Å². The molecule has 3 N–H and O–H groups in total. The number of benzene rings is 1. The molecule has 1 saturated heterocycles. The molecular weight excluding hydrogens is 404 g/mol. The molecule has 9 nitrogen and oxygen atoms in total. The summed E-state index contributed by atoms with van der Waals surface area (Å²) < 4.78 is 47.6. The van der Waals surface area contributed by atoms with Crippen LogP contribution in [-0.4, -0.2) is 72.2 Å². The molecule has 1 aliphatic heterocycles. The standard InChI is InChI=1S/C17H26N4O5S2/c1-12(17(22)19-13-3-4-13)20-7-9-21(10-8-20)15-6-5-14(28(18,25)26)11-16(15)27(2,23)24/h5-6,11-13H,3-4,7-10H2,1-2H3,(H,19,22)(H2,18,25,26). The van der Waals surface area contributed by atoms with Gasteiger partial charge in [0.2, 0.25) is 15.9 Å². The van der Waals surface area contributed by atoms with Gasteiger partial charge in [0.1, 0.15) is 0 Å². The number of sulfonamides is 1. The third-order valence-electron chi connectivity index (χ3n) is 5.17. The van der Waals surface area contributed by atoms with E-state index in [0.717, 1.165) is 25.2 Å². The first-order valence-electron chi connectivity index (χ1n) is 9.13. The number of nitrogens with two attached hydrogens (primary N) is 1. The predicted molar refractivity (Wildman–Crippen MR) is 105 cm³/mol. The number of amides is 1. The molecule has 1 aliphatic carbocycles. The molecule has 1 amide bonds. The van der Waals surface area contributed by atoms with Crippen molar-refractivity contribution in [3.05, 3.63) is 18.2 Å². The molecule has 0 bridgehead atoms. The van der Waals surface area contributed by atoms with Gasteiger partial charge in [-0.3, -0.25) is 9.69 Å². The minimum atomic E-state index is -4.00. The molecule has 1 atom stereocenters. The monoisotopic (exact) mass is 430 g/mol. The molecule has 1 unspecified atom stereocenters. The van der Waals surface area contributed by atoms with Crippen LogP contribution in [0.5, 0.6) is 0 Å². The lowest BCUT2D eigenvalue weighted by Gasteiger charge is -2.39. The maximum absolute atomic E-state index is 12.2. The molecule has 2 aliphatic rings. The third kappa shape index (κ3) is 4.83. The van der Waals surface area contributed by atoms with E-state index in [4.69, 9.17) is 5.14 Å². The van der Waals surface area contributed by atoms with Crippen molar-refractivity contribution in [2.45, 2.75) is 41.6 Å². The Kier molecular flexibility index (Phi) is 5.72. The van der Waals surface area contributed by atoms with Crippen molar-refractivity contribution in [3.63, 3.8) is 0 Å². The molecule has 0 aromatic heterocycles. The molecule has 11 heteroatoms. The van der Waals surface area contributed by atoms with E-state index in [2.05, 4.69) is 10.2 Å². The van der Waals surface area contributed by atoms with E-state index in [1.807, 2.05) is 11.8 Å². The Morgan fingerprint density at radius 1 is 1.14 bits per heavy atom. The van der Waals surface area contributed by atoms with Crippen LogP contribution in [0.1, 0.15) is 19.8 Å². The number of anilines is 1. The maximum Gasteiger partial charge on any atom is 0.238 e. The van der Waals surface area contributed by atoms with Gasteiger partial charge in [0.15, 0.2) is 9.84 Å². The van der Waals surface area contributed by atoms with Gasteiger partial charge in [-0.25, -0.2) is 22.0 Å². The molecule has 0 radical (unpaired) electrons. The zero-order valence-electron chi connectivity index (χ0n) is 16.0. The quantitative estimate of drug-likeness (QED) is 0.624. The Bertz CT molecular complexity index is 965. The number of sulfone groups is 1. The number of primary sulfonamides is 1. The lowest BCUT2D eigenvalue weighted by Crippen LogP contribution is -2.54. The Hall–Kier alpha value is -1.69. The van der Waals surface area contributed by atoms with Crippen molar-refractivity contribution in [2.75, 3.05) is 37.3 Å². The summed E-state index contributed by atoms with van der Waals surface area (Å²) >= 11 is 0. The molecule has 1 heterocycles. The lowest BCUT2D eigenvalue weighted by atomic mass is 10.2. The van der Waals surface area contributed by atoms with Crippen molar-refractivity contribution in [1.82, 2.24) is 10.2 Å². The molecule has 2 fully saturated rings. The van der Waals surface area contributed by atoms with Crippen LogP contribution in [-0.2, 0) is 24.7 Å². The Balaban J connectivity index is 1.75. The molecule has 156 valence electrons. The van der Waals surface area contributed by atoms with Crippen molar-refractivity contribution in [1.29, 1.82) is 0 Å². The largest absolute Gasteiger partial charge is 0.368 e. The fourth-order valence-electron chi connectivity index (χ4n) is 3.30. The van der Waals surface area contributed by atoms with Crippen LogP contribution in [0.4, 0.5) is 5.69 Å². The smallest absolute Gasteiger partial charge is 0.238 e. The maximum atomic E-state index is 12.2. The highest BCUT2D eigenvalue weighted by molar-refractivity contribution is 7.91. The van der Waals surface area contributed by atoms with Gasteiger partial charge >= 0.3 is 0 Å². The van der Waals surface area contributed by atoms with Gasteiger partial charge in [-0.1, -0.05) is 0 Å². The first-order valence-corrected chi connectivity index (χ1v) is 12.6. The van der Waals surface area contributed by atoms with Gasteiger partial charge in [0, 0.05) is 38.5 Å². The lowest BCUT2D eigenvalue weighted by molar-refractivity contribution is -0.126. The summed E-state index contributed by atoms with van der Waals surface area (Å²) in [4.78, 5) is 15.9. The Morgan fingerprint density at radius 2 is 1.75 bits per heavy atom. The summed E-state index contributed by atoms with van der Waals surface area (Å²) in [5.74, 6) is 0.0188. The van der Waals surface area contributed by atoms with Crippen LogP contribution in [0.3, 0.4) is 0 Å². The molecule has 0 spiro atoms. The average molecular weight is 431 g/mol. The van der Waals surface area contributed by atoms with Gasteiger partial charge in [0.05, 0.1) is 21.5 Å². The van der Waals surface area contributed by atoms with Gasteiger partial charge in [-0.15, -0.1) is 0 Å². The van der Waals surface area contributed by atoms with E-state index in [1.54, 1.807) is 0 Å². The van der Waals surface area contributed by atoms with Crippen molar-refractivity contribution in [3.8, 4) is 0 Å². The first-order chi connectivity index (χ1) is 13.0. The topological polar surface area (TPSA) is 130 Å². The van der Waals surface area contributed by atoms with E-state index < -0.39 is 19.9 Å². The summed E-state index contributed by atoms with van der Waals surface area (Å²) in [5.41, 5.74) is 0.449. The molecule has 28 heavy (non-hydrogen) atoms. The molecule has 1 aromatic rings. The van der Waals surface area contributed by atoms with Crippen LogP contribution in [0.15, 0.2) is 28.0 Å². The normalized spacial score (nSPS) is 20.0. The Morgan fingerprint density at radius 3 is 2.25 bits per heavy atom. The summed E-state index contributed by atoms with van der Waals surface area (Å²) in [6.45, 7) is 4.12. The number of carbonyl (C=O) groups excluding carboxylic acids is 1. The highest BCUT2D eigenvalue weighted by Gasteiger charge is 2.31. The second-order valence-corrected chi connectivity index (χ2v) is 11.0. The zero-order chi connectivity index (χ0) is 20.7. The van der Waals surface area contributed by atoms with Gasteiger partial charge in [-0.05, 0) is 38.0 Å². The number of nitrogens with zero attached hydrogens (tertiary/aromatic N) is 2. The van der Waals surface area contributed by atoms with Gasteiger partial charge in [0.25, 0.3) is 0 Å². The van der Waals surface area contributed by atoms with Gasteiger partial charge < -0.3 is 10.2 Å². The van der Waals surface area contributed by atoms with E-state index >= 15 is 0 Å². The SMILES string of the molecule is CC(C(=O)NC1CC1)N1CCN(c2ccc(S(N)(=O)=O)cc2S(C)(=O)=O)CC1. The van der Waals surface area contributed by atoms with Gasteiger partial charge in [-0.2, -0.15) is 0 Å². The number of nitrogens with one attached hydrogen (secondary N) is 1. The number of rotatable bonds is 6. The van der Waals surface area contributed by atoms with Crippen molar-refractivity contribution >= 4 is 31.5 Å². The summed E-state index contributed by atoms with van der Waals surface area (Å²) in [7, 11) is -7.66. The molecule has 3 rings (SSSR count). The summed E-state index contributed by atoms with van der Waals surface area (Å²) in [6, 6.07) is 3.97. The molecule has 1 saturated carbocycles. The fourth-order valence-corrected chi connectivity index (χ4v) is 4.83. The van der Waals surface area contributed by atoms with E-state index in [9.17, 15) is 21.6 Å². The van der Waals surface area contributed by atoms with Crippen LogP contribution < -0.4 is 15.4 Å². The number of hydrogen-bond acceptors (Lipinski definition) is 7. The van der Waals surface area contributed by atoms with Crippen LogP contribution in [0.2, 0.25) is 0 Å². The van der Waals surface area contributed by atoms with Crippen LogP contribution in [0, 0.1) is 0 Å². The van der Waals surface area contributed by atoms with Crippen LogP contribution in [0.25, 0.3) is 0 Å².